The Hall–Kier alpha value is 2.04. The maximum atomic E-state index is 3.63. The van der Waals surface area contributed by atoms with Gasteiger partial charge in [0.25, 0.3) is 0 Å². The summed E-state index contributed by atoms with van der Waals surface area (Å²) in [6.07, 6.45) is 5.68. The van der Waals surface area contributed by atoms with Crippen molar-refractivity contribution in [2.45, 2.75) is 59.4 Å². The SMILES string of the molecule is CC1C(C)C(C)C(CCC2CCCN2)C1C.[CH3-].[I][Rh][I]. The van der Waals surface area contributed by atoms with Crippen molar-refractivity contribution in [2.75, 3.05) is 6.54 Å². The molecule has 1 aliphatic heterocycles. The monoisotopic (exact) mass is 595 g/mol. The van der Waals surface area contributed by atoms with E-state index >= 15 is 0 Å². The Balaban J connectivity index is 0.000000830. The van der Waals surface area contributed by atoms with Crippen LogP contribution >= 0.6 is 39.5 Å². The van der Waals surface area contributed by atoms with E-state index in [0.717, 1.165) is 45.7 Å². The van der Waals surface area contributed by atoms with Crippen LogP contribution in [0.2, 0.25) is 0 Å². The van der Waals surface area contributed by atoms with Gasteiger partial charge in [0.1, 0.15) is 0 Å². The van der Waals surface area contributed by atoms with Crippen LogP contribution in [0.5, 0.6) is 0 Å². The van der Waals surface area contributed by atoms with Gasteiger partial charge in [-0.2, -0.15) is 0 Å². The van der Waals surface area contributed by atoms with Gasteiger partial charge in [0.15, 0.2) is 0 Å². The molecule has 2 aliphatic rings. The summed E-state index contributed by atoms with van der Waals surface area (Å²) in [5.41, 5.74) is 0. The summed E-state index contributed by atoms with van der Waals surface area (Å²) in [6, 6.07) is 0.839. The summed E-state index contributed by atoms with van der Waals surface area (Å²) >= 11 is 4.69. The summed E-state index contributed by atoms with van der Waals surface area (Å²) in [4.78, 5) is 0. The Bertz CT molecular complexity index is 233. The number of nitrogens with one attached hydrogen (secondary N) is 1. The molecular formula is C16H32I2NRh-. The average Bonchev–Trinajstić information content (AvgIpc) is 2.95. The molecule has 1 nitrogen and oxygen atoms in total. The van der Waals surface area contributed by atoms with Crippen LogP contribution in [0.15, 0.2) is 0 Å². The molecule has 1 aliphatic carbocycles. The van der Waals surface area contributed by atoms with Crippen LogP contribution in [-0.4, -0.2) is 12.6 Å². The Morgan fingerprint density at radius 2 is 1.45 bits per heavy atom. The average molecular weight is 595 g/mol. The second kappa shape index (κ2) is 11.6. The Labute approximate surface area is 156 Å². The van der Waals surface area contributed by atoms with Crippen LogP contribution in [-0.2, 0) is 10.1 Å². The molecule has 0 radical (unpaired) electrons. The van der Waals surface area contributed by atoms with Crippen molar-refractivity contribution < 1.29 is 10.1 Å². The third-order valence-electron chi connectivity index (χ3n) is 5.85. The molecule has 1 saturated heterocycles. The first-order chi connectivity index (χ1) is 9.02. The van der Waals surface area contributed by atoms with Gasteiger partial charge in [-0.05, 0) is 61.8 Å². The summed E-state index contributed by atoms with van der Waals surface area (Å²) < 4.78 is 0. The molecule has 4 heteroatoms. The van der Waals surface area contributed by atoms with Gasteiger partial charge in [0.05, 0.1) is 0 Å². The summed E-state index contributed by atoms with van der Waals surface area (Å²) in [6.45, 7) is 11.1. The van der Waals surface area contributed by atoms with Gasteiger partial charge in [-0.25, -0.2) is 0 Å². The summed E-state index contributed by atoms with van der Waals surface area (Å²) in [7, 11) is 0.770. The molecule has 0 aromatic rings. The topological polar surface area (TPSA) is 12.0 Å². The second-order valence-corrected chi connectivity index (χ2v) is 19.1. The predicted octanol–water partition coefficient (Wildman–Crippen LogP) is 5.91. The molecule has 5 atom stereocenters. The zero-order valence-corrected chi connectivity index (χ0v) is 19.5. The summed E-state index contributed by atoms with van der Waals surface area (Å²) in [5.74, 6) is 4.71. The molecule has 0 spiro atoms. The van der Waals surface area contributed by atoms with Crippen molar-refractivity contribution >= 4 is 39.5 Å². The number of rotatable bonds is 3. The van der Waals surface area contributed by atoms with E-state index in [4.69, 9.17) is 0 Å². The van der Waals surface area contributed by atoms with Gasteiger partial charge in [0, 0.05) is 6.04 Å². The molecular weight excluding hydrogens is 563 g/mol. The number of hydrogen-bond donors (Lipinski definition) is 1. The molecule has 5 unspecified atom stereocenters. The fourth-order valence-electron chi connectivity index (χ4n) is 4.14. The molecule has 2 rings (SSSR count). The normalized spacial score (nSPS) is 40.1. The minimum absolute atomic E-state index is 0. The summed E-state index contributed by atoms with van der Waals surface area (Å²) in [5, 5.41) is 3.63. The third kappa shape index (κ3) is 6.27. The Kier molecular flexibility index (Phi) is 12.7. The van der Waals surface area contributed by atoms with E-state index < -0.39 is 0 Å². The quantitative estimate of drug-likeness (QED) is 0.243. The number of hydrogen-bond acceptors (Lipinski definition) is 1. The Morgan fingerprint density at radius 3 is 1.85 bits per heavy atom. The molecule has 2 fully saturated rings. The molecule has 1 saturated carbocycles. The van der Waals surface area contributed by atoms with E-state index in [9.17, 15) is 0 Å². The molecule has 0 aromatic carbocycles. The van der Waals surface area contributed by atoms with E-state index in [2.05, 4.69) is 72.5 Å². The van der Waals surface area contributed by atoms with Crippen LogP contribution in [0.25, 0.3) is 0 Å². The van der Waals surface area contributed by atoms with E-state index in [1.54, 1.807) is 0 Å². The van der Waals surface area contributed by atoms with Crippen LogP contribution in [0.1, 0.15) is 53.4 Å². The van der Waals surface area contributed by atoms with Gasteiger partial charge in [-0.3, -0.25) is 0 Å². The van der Waals surface area contributed by atoms with Gasteiger partial charge >= 0.3 is 49.6 Å². The van der Waals surface area contributed by atoms with Crippen LogP contribution in [0, 0.1) is 37.0 Å². The van der Waals surface area contributed by atoms with Crippen LogP contribution < -0.4 is 5.32 Å². The van der Waals surface area contributed by atoms with Gasteiger partial charge in [-0.1, -0.05) is 27.7 Å². The van der Waals surface area contributed by atoms with Gasteiger partial charge in [-0.15, -0.1) is 0 Å². The molecule has 1 heterocycles. The minimum atomic E-state index is 0. The van der Waals surface area contributed by atoms with E-state index in [1.807, 2.05) is 0 Å². The van der Waals surface area contributed by atoms with Crippen molar-refractivity contribution in [3.63, 3.8) is 0 Å². The first kappa shape index (κ1) is 22.0. The molecule has 0 bridgehead atoms. The first-order valence-electron chi connectivity index (χ1n) is 7.60. The van der Waals surface area contributed by atoms with Crippen molar-refractivity contribution in [2.24, 2.45) is 29.6 Å². The fourth-order valence-corrected chi connectivity index (χ4v) is 4.14. The van der Waals surface area contributed by atoms with E-state index in [0.29, 0.717) is 0 Å². The van der Waals surface area contributed by atoms with Crippen molar-refractivity contribution in [1.29, 1.82) is 0 Å². The van der Waals surface area contributed by atoms with E-state index in [-0.39, 0.29) is 7.43 Å². The Morgan fingerprint density at radius 1 is 0.950 bits per heavy atom. The van der Waals surface area contributed by atoms with Crippen molar-refractivity contribution in [3.05, 3.63) is 7.43 Å². The van der Waals surface area contributed by atoms with Crippen molar-refractivity contribution in [3.8, 4) is 0 Å². The molecule has 0 aromatic heterocycles. The molecule has 1 N–H and O–H groups in total. The molecule has 125 valence electrons. The first-order valence-corrected chi connectivity index (χ1v) is 17.3. The molecule has 20 heavy (non-hydrogen) atoms. The van der Waals surface area contributed by atoms with Crippen molar-refractivity contribution in [1.82, 2.24) is 5.32 Å². The number of halogens is 2. The van der Waals surface area contributed by atoms with Gasteiger partial charge in [0.2, 0.25) is 0 Å². The zero-order valence-electron chi connectivity index (χ0n) is 13.6. The van der Waals surface area contributed by atoms with Gasteiger partial charge < -0.3 is 12.7 Å². The van der Waals surface area contributed by atoms with Crippen LogP contribution in [0.4, 0.5) is 0 Å². The standard InChI is InChI=1S/C15H29N.CH3.2HI.Rh/c1-10-11(2)13(4)15(12(10)3)8-7-14-6-5-9-16-14;;;;/h10-16H,5-9H2,1-4H3;1H3;2*1H;/q;-1;;;+2/p-2. The van der Waals surface area contributed by atoms with Crippen LogP contribution in [0.3, 0.4) is 0 Å². The fraction of sp³-hybridized carbons (Fsp3) is 0.938. The maximum absolute atomic E-state index is 3.63. The predicted molar refractivity (Wildman–Crippen MR) is 105 cm³/mol. The zero-order chi connectivity index (χ0) is 14.4. The second-order valence-electron chi connectivity index (χ2n) is 6.52. The third-order valence-corrected chi connectivity index (χ3v) is 5.85. The van der Waals surface area contributed by atoms with E-state index in [1.165, 1.54) is 32.2 Å². The molecule has 0 amide bonds.